The van der Waals surface area contributed by atoms with Gasteiger partial charge in [-0.25, -0.2) is 0 Å². The van der Waals surface area contributed by atoms with Crippen LogP contribution in [0, 0.1) is 11.8 Å². The molecule has 0 heterocycles. The second kappa shape index (κ2) is 10.3. The third kappa shape index (κ3) is 6.13. The molecule has 1 aliphatic rings. The summed E-state index contributed by atoms with van der Waals surface area (Å²) in [5, 5.41) is 3.02. The SMILES string of the molecule is CCN(Cc1ccccc1)C(=O)C1CCC(C(=O)NCCN(C)C)CC1. The molecular weight excluding hydrogens is 326 g/mol. The highest BCUT2D eigenvalue weighted by Gasteiger charge is 2.31. The van der Waals surface area contributed by atoms with Gasteiger partial charge in [-0.2, -0.15) is 0 Å². The van der Waals surface area contributed by atoms with Crippen molar-refractivity contribution in [2.45, 2.75) is 39.2 Å². The Morgan fingerprint density at radius 1 is 1.04 bits per heavy atom. The molecule has 0 saturated heterocycles. The molecule has 0 bridgehead atoms. The van der Waals surface area contributed by atoms with Gasteiger partial charge in [-0.3, -0.25) is 9.59 Å². The van der Waals surface area contributed by atoms with Crippen LogP contribution in [0.5, 0.6) is 0 Å². The predicted molar refractivity (Wildman–Crippen MR) is 105 cm³/mol. The largest absolute Gasteiger partial charge is 0.355 e. The molecule has 5 nitrogen and oxygen atoms in total. The van der Waals surface area contributed by atoms with Gasteiger partial charge < -0.3 is 15.1 Å². The standard InChI is InChI=1S/C21H33N3O2/c1-4-24(16-17-8-6-5-7-9-17)21(26)19-12-10-18(11-13-19)20(25)22-14-15-23(2)3/h5-9,18-19H,4,10-16H2,1-3H3,(H,22,25). The van der Waals surface area contributed by atoms with E-state index in [1.807, 2.05) is 44.1 Å². The van der Waals surface area contributed by atoms with E-state index in [-0.39, 0.29) is 23.7 Å². The van der Waals surface area contributed by atoms with E-state index in [2.05, 4.69) is 22.3 Å². The zero-order valence-corrected chi connectivity index (χ0v) is 16.4. The fraction of sp³-hybridized carbons (Fsp3) is 0.619. The van der Waals surface area contributed by atoms with Crippen molar-refractivity contribution in [2.75, 3.05) is 33.7 Å². The van der Waals surface area contributed by atoms with Gasteiger partial charge in [-0.15, -0.1) is 0 Å². The quantitative estimate of drug-likeness (QED) is 0.776. The maximum atomic E-state index is 12.9. The van der Waals surface area contributed by atoms with Crippen LogP contribution >= 0.6 is 0 Å². The molecule has 0 aliphatic heterocycles. The van der Waals surface area contributed by atoms with Gasteiger partial charge in [0.25, 0.3) is 0 Å². The first-order chi connectivity index (χ1) is 12.5. The first-order valence-electron chi connectivity index (χ1n) is 9.76. The van der Waals surface area contributed by atoms with E-state index in [1.165, 1.54) is 0 Å². The van der Waals surface area contributed by atoms with Crippen LogP contribution in [0.4, 0.5) is 0 Å². The molecule has 1 aromatic carbocycles. The van der Waals surface area contributed by atoms with Gasteiger partial charge in [-0.1, -0.05) is 30.3 Å². The van der Waals surface area contributed by atoms with E-state index in [4.69, 9.17) is 0 Å². The molecule has 1 N–H and O–H groups in total. The summed E-state index contributed by atoms with van der Waals surface area (Å²) in [4.78, 5) is 29.1. The highest BCUT2D eigenvalue weighted by molar-refractivity contribution is 5.81. The van der Waals surface area contributed by atoms with Crippen LogP contribution in [0.25, 0.3) is 0 Å². The lowest BCUT2D eigenvalue weighted by Crippen LogP contribution is -2.40. The second-order valence-corrected chi connectivity index (χ2v) is 7.48. The van der Waals surface area contributed by atoms with Crippen molar-refractivity contribution in [2.24, 2.45) is 11.8 Å². The number of carbonyl (C=O) groups is 2. The minimum Gasteiger partial charge on any atom is -0.355 e. The monoisotopic (exact) mass is 359 g/mol. The normalized spacial score (nSPS) is 20.0. The molecule has 2 rings (SSSR count). The first-order valence-corrected chi connectivity index (χ1v) is 9.76. The molecule has 0 atom stereocenters. The second-order valence-electron chi connectivity index (χ2n) is 7.48. The Morgan fingerprint density at radius 2 is 1.65 bits per heavy atom. The minimum absolute atomic E-state index is 0.0597. The zero-order chi connectivity index (χ0) is 18.9. The van der Waals surface area contributed by atoms with Crippen molar-refractivity contribution in [1.82, 2.24) is 15.1 Å². The summed E-state index contributed by atoms with van der Waals surface area (Å²) in [6.45, 7) is 4.96. The van der Waals surface area contributed by atoms with E-state index in [0.717, 1.165) is 44.3 Å². The van der Waals surface area contributed by atoms with Crippen LogP contribution in [0.3, 0.4) is 0 Å². The number of hydrogen-bond acceptors (Lipinski definition) is 3. The van der Waals surface area contributed by atoms with Crippen LogP contribution < -0.4 is 5.32 Å². The molecule has 1 aliphatic carbocycles. The minimum atomic E-state index is 0.0597. The van der Waals surface area contributed by atoms with Crippen molar-refractivity contribution < 1.29 is 9.59 Å². The average Bonchev–Trinajstić information content (AvgIpc) is 2.66. The highest BCUT2D eigenvalue weighted by atomic mass is 16.2. The Morgan fingerprint density at radius 3 is 2.23 bits per heavy atom. The molecule has 5 heteroatoms. The summed E-state index contributed by atoms with van der Waals surface area (Å²) >= 11 is 0. The maximum Gasteiger partial charge on any atom is 0.225 e. The van der Waals surface area contributed by atoms with Crippen molar-refractivity contribution in [3.63, 3.8) is 0 Å². The number of nitrogens with zero attached hydrogens (tertiary/aromatic N) is 2. The number of benzene rings is 1. The number of hydrogen-bond donors (Lipinski definition) is 1. The molecule has 26 heavy (non-hydrogen) atoms. The fourth-order valence-corrected chi connectivity index (χ4v) is 3.56. The molecule has 0 radical (unpaired) electrons. The molecule has 144 valence electrons. The molecule has 0 unspecified atom stereocenters. The third-order valence-corrected chi connectivity index (χ3v) is 5.22. The van der Waals surface area contributed by atoms with Crippen molar-refractivity contribution in [1.29, 1.82) is 0 Å². The molecule has 0 spiro atoms. The number of likely N-dealkylation sites (N-methyl/N-ethyl adjacent to an activating group) is 1. The summed E-state index contributed by atoms with van der Waals surface area (Å²) in [6, 6.07) is 10.1. The topological polar surface area (TPSA) is 52.7 Å². The summed E-state index contributed by atoms with van der Waals surface area (Å²) < 4.78 is 0. The smallest absolute Gasteiger partial charge is 0.225 e. The molecule has 0 aromatic heterocycles. The van der Waals surface area contributed by atoms with E-state index in [9.17, 15) is 9.59 Å². The number of carbonyl (C=O) groups excluding carboxylic acids is 2. The van der Waals surface area contributed by atoms with Gasteiger partial charge in [0.2, 0.25) is 11.8 Å². The number of rotatable bonds is 8. The fourth-order valence-electron chi connectivity index (χ4n) is 3.56. The number of amides is 2. The van der Waals surface area contributed by atoms with Crippen LogP contribution in [0.15, 0.2) is 30.3 Å². The summed E-state index contributed by atoms with van der Waals surface area (Å²) in [6.07, 6.45) is 3.26. The van der Waals surface area contributed by atoms with Gasteiger partial charge in [0, 0.05) is 38.0 Å². The summed E-state index contributed by atoms with van der Waals surface area (Å²) in [5.74, 6) is 0.507. The Bertz CT molecular complexity index is 566. The van der Waals surface area contributed by atoms with Gasteiger partial charge in [0.05, 0.1) is 0 Å². The van der Waals surface area contributed by atoms with Gasteiger partial charge in [0.15, 0.2) is 0 Å². The van der Waals surface area contributed by atoms with Crippen molar-refractivity contribution >= 4 is 11.8 Å². The molecule has 2 amide bonds. The van der Waals surface area contributed by atoms with E-state index in [1.54, 1.807) is 0 Å². The van der Waals surface area contributed by atoms with Crippen molar-refractivity contribution in [3.05, 3.63) is 35.9 Å². The molecule has 1 aromatic rings. The van der Waals surface area contributed by atoms with Crippen LogP contribution in [-0.4, -0.2) is 55.3 Å². The molecule has 1 fully saturated rings. The first kappa shape index (κ1) is 20.4. The Labute approximate surface area is 157 Å². The lowest BCUT2D eigenvalue weighted by molar-refractivity contribution is -0.138. The van der Waals surface area contributed by atoms with Crippen molar-refractivity contribution in [3.8, 4) is 0 Å². The predicted octanol–water partition coefficient (Wildman–Crippen LogP) is 2.52. The molecule has 1 saturated carbocycles. The van der Waals surface area contributed by atoms with Crippen LogP contribution in [0.2, 0.25) is 0 Å². The van der Waals surface area contributed by atoms with E-state index >= 15 is 0 Å². The van der Waals surface area contributed by atoms with E-state index in [0.29, 0.717) is 13.1 Å². The van der Waals surface area contributed by atoms with Crippen LogP contribution in [-0.2, 0) is 16.1 Å². The highest BCUT2D eigenvalue weighted by Crippen LogP contribution is 2.30. The summed E-state index contributed by atoms with van der Waals surface area (Å²) in [5.41, 5.74) is 1.16. The van der Waals surface area contributed by atoms with Crippen LogP contribution in [0.1, 0.15) is 38.2 Å². The number of nitrogens with one attached hydrogen (secondary N) is 1. The average molecular weight is 360 g/mol. The third-order valence-electron chi connectivity index (χ3n) is 5.22. The Kier molecular flexibility index (Phi) is 8.10. The summed E-state index contributed by atoms with van der Waals surface area (Å²) in [7, 11) is 4.00. The Balaban J connectivity index is 1.80. The lowest BCUT2D eigenvalue weighted by Gasteiger charge is -2.31. The van der Waals surface area contributed by atoms with Gasteiger partial charge in [0.1, 0.15) is 0 Å². The van der Waals surface area contributed by atoms with E-state index < -0.39 is 0 Å². The van der Waals surface area contributed by atoms with Gasteiger partial charge in [-0.05, 0) is 52.3 Å². The lowest BCUT2D eigenvalue weighted by atomic mass is 9.81. The maximum absolute atomic E-state index is 12.9. The zero-order valence-electron chi connectivity index (χ0n) is 16.4. The van der Waals surface area contributed by atoms with Gasteiger partial charge >= 0.3 is 0 Å². The molecular formula is C21H33N3O2. The Hall–Kier alpha value is -1.88.